The van der Waals surface area contributed by atoms with Crippen LogP contribution in [0.25, 0.3) is 0 Å². The molecule has 1 atom stereocenters. The summed E-state index contributed by atoms with van der Waals surface area (Å²) in [5.41, 5.74) is 6.93. The minimum atomic E-state index is -0.129. The van der Waals surface area contributed by atoms with Crippen LogP contribution in [0.15, 0.2) is 6.20 Å². The molecule has 1 unspecified atom stereocenters. The number of amides is 1. The average Bonchev–Trinajstić information content (AvgIpc) is 2.85. The normalized spacial score (nSPS) is 19.0. The van der Waals surface area contributed by atoms with Crippen LogP contribution >= 0.6 is 0 Å². The zero-order valence-corrected chi connectivity index (χ0v) is 11.8. The lowest BCUT2D eigenvalue weighted by Gasteiger charge is -2.23. The van der Waals surface area contributed by atoms with Crippen LogP contribution in [0.4, 0.5) is 0 Å². The summed E-state index contributed by atoms with van der Waals surface area (Å²) in [4.78, 5) is 12.1. The third kappa shape index (κ3) is 3.78. The van der Waals surface area contributed by atoms with Crippen LogP contribution in [0, 0.1) is 6.92 Å². The van der Waals surface area contributed by atoms with Gasteiger partial charge in [0.15, 0.2) is 0 Å². The van der Waals surface area contributed by atoms with E-state index in [1.165, 1.54) is 0 Å². The molecule has 1 aliphatic heterocycles. The molecule has 1 aromatic heterocycles. The molecule has 0 aromatic carbocycles. The van der Waals surface area contributed by atoms with Gasteiger partial charge in [0.1, 0.15) is 0 Å². The van der Waals surface area contributed by atoms with Crippen molar-refractivity contribution in [1.29, 1.82) is 0 Å². The van der Waals surface area contributed by atoms with Crippen molar-refractivity contribution in [3.63, 3.8) is 0 Å². The van der Waals surface area contributed by atoms with E-state index in [9.17, 15) is 4.79 Å². The van der Waals surface area contributed by atoms with Crippen molar-refractivity contribution in [3.8, 4) is 0 Å². The van der Waals surface area contributed by atoms with Crippen molar-refractivity contribution in [1.82, 2.24) is 15.1 Å². The Morgan fingerprint density at radius 1 is 1.60 bits per heavy atom. The van der Waals surface area contributed by atoms with E-state index in [1.54, 1.807) is 6.20 Å². The molecule has 1 fully saturated rings. The summed E-state index contributed by atoms with van der Waals surface area (Å²) in [5, 5.41) is 7.07. The first-order valence-electron chi connectivity index (χ1n) is 6.92. The number of hydrogen-bond donors (Lipinski definition) is 2. The summed E-state index contributed by atoms with van der Waals surface area (Å²) < 4.78 is 12.6. The first kappa shape index (κ1) is 15.0. The second kappa shape index (κ2) is 7.37. The molecular weight excluding hydrogens is 260 g/mol. The highest BCUT2D eigenvalue weighted by Gasteiger charge is 2.18. The highest BCUT2D eigenvalue weighted by atomic mass is 16.6. The van der Waals surface area contributed by atoms with E-state index in [4.69, 9.17) is 15.2 Å². The summed E-state index contributed by atoms with van der Waals surface area (Å²) >= 11 is 0. The maximum absolute atomic E-state index is 12.1. The van der Waals surface area contributed by atoms with E-state index in [1.807, 2.05) is 11.6 Å². The Bertz CT molecular complexity index is 441. The molecule has 2 heterocycles. The standard InChI is InChI=1S/C13H22N4O3/c1-10-12(8-16-17(10)4-2-3-14)13(18)15-7-11-9-19-5-6-20-11/h8,11H,2-7,9,14H2,1H3,(H,15,18). The largest absolute Gasteiger partial charge is 0.376 e. The number of ether oxygens (including phenoxy) is 2. The number of carbonyl (C=O) groups excluding carboxylic acids is 1. The van der Waals surface area contributed by atoms with Crippen LogP contribution < -0.4 is 11.1 Å². The number of nitrogens with zero attached hydrogens (tertiary/aromatic N) is 2. The minimum Gasteiger partial charge on any atom is -0.376 e. The average molecular weight is 282 g/mol. The topological polar surface area (TPSA) is 91.4 Å². The number of nitrogens with two attached hydrogens (primary N) is 1. The number of hydrogen-bond acceptors (Lipinski definition) is 5. The highest BCUT2D eigenvalue weighted by Crippen LogP contribution is 2.08. The quantitative estimate of drug-likeness (QED) is 0.746. The summed E-state index contributed by atoms with van der Waals surface area (Å²) in [6.45, 7) is 5.41. The lowest BCUT2D eigenvalue weighted by atomic mass is 10.2. The molecule has 0 aliphatic carbocycles. The number of aromatic nitrogens is 2. The zero-order chi connectivity index (χ0) is 14.4. The van der Waals surface area contributed by atoms with Crippen LogP contribution in [0.2, 0.25) is 0 Å². The number of carbonyl (C=O) groups is 1. The predicted octanol–water partition coefficient (Wildman–Crippen LogP) is -0.314. The van der Waals surface area contributed by atoms with Gasteiger partial charge in [-0.25, -0.2) is 0 Å². The number of nitrogens with one attached hydrogen (secondary N) is 1. The van der Waals surface area contributed by atoms with Crippen molar-refractivity contribution in [2.24, 2.45) is 5.73 Å². The van der Waals surface area contributed by atoms with Gasteiger partial charge in [0.25, 0.3) is 5.91 Å². The van der Waals surface area contributed by atoms with E-state index in [2.05, 4.69) is 10.4 Å². The SMILES string of the molecule is Cc1c(C(=O)NCC2COCCO2)cnn1CCCN. The second-order valence-electron chi connectivity index (χ2n) is 4.79. The summed E-state index contributed by atoms with van der Waals surface area (Å²) in [6.07, 6.45) is 2.37. The van der Waals surface area contributed by atoms with E-state index >= 15 is 0 Å². The van der Waals surface area contributed by atoms with E-state index in [0.29, 0.717) is 38.5 Å². The third-order valence-electron chi connectivity index (χ3n) is 3.30. The minimum absolute atomic E-state index is 0.0692. The van der Waals surface area contributed by atoms with Crippen molar-refractivity contribution in [2.75, 3.05) is 32.9 Å². The van der Waals surface area contributed by atoms with Crippen LogP contribution in [-0.4, -0.2) is 54.7 Å². The molecular formula is C13H22N4O3. The Kier molecular flexibility index (Phi) is 5.51. The van der Waals surface area contributed by atoms with Gasteiger partial charge in [-0.05, 0) is 19.9 Å². The highest BCUT2D eigenvalue weighted by molar-refractivity contribution is 5.95. The van der Waals surface area contributed by atoms with Crippen LogP contribution in [0.5, 0.6) is 0 Å². The molecule has 0 radical (unpaired) electrons. The van der Waals surface area contributed by atoms with Gasteiger partial charge < -0.3 is 20.5 Å². The molecule has 2 rings (SSSR count). The Labute approximate surface area is 118 Å². The molecule has 1 amide bonds. The molecule has 7 nitrogen and oxygen atoms in total. The van der Waals surface area contributed by atoms with E-state index < -0.39 is 0 Å². The lowest BCUT2D eigenvalue weighted by molar-refractivity contribution is -0.0855. The maximum Gasteiger partial charge on any atom is 0.254 e. The van der Waals surface area contributed by atoms with Gasteiger partial charge in [0.2, 0.25) is 0 Å². The third-order valence-corrected chi connectivity index (χ3v) is 3.30. The van der Waals surface area contributed by atoms with Crippen molar-refractivity contribution in [3.05, 3.63) is 17.5 Å². The molecule has 20 heavy (non-hydrogen) atoms. The molecule has 112 valence electrons. The van der Waals surface area contributed by atoms with Crippen molar-refractivity contribution in [2.45, 2.75) is 26.0 Å². The van der Waals surface area contributed by atoms with Gasteiger partial charge in [0, 0.05) is 18.8 Å². The molecule has 3 N–H and O–H groups in total. The van der Waals surface area contributed by atoms with E-state index in [-0.39, 0.29) is 12.0 Å². The van der Waals surface area contributed by atoms with Gasteiger partial charge in [-0.2, -0.15) is 5.10 Å². The summed E-state index contributed by atoms with van der Waals surface area (Å²) in [7, 11) is 0. The molecule has 0 spiro atoms. The van der Waals surface area contributed by atoms with Crippen molar-refractivity contribution < 1.29 is 14.3 Å². The number of aryl methyl sites for hydroxylation is 1. The molecule has 7 heteroatoms. The fraction of sp³-hybridized carbons (Fsp3) is 0.692. The zero-order valence-electron chi connectivity index (χ0n) is 11.8. The Balaban J connectivity index is 1.86. The first-order valence-corrected chi connectivity index (χ1v) is 6.92. The Morgan fingerprint density at radius 3 is 3.15 bits per heavy atom. The maximum atomic E-state index is 12.1. The van der Waals surface area contributed by atoms with Crippen LogP contribution in [-0.2, 0) is 16.0 Å². The fourth-order valence-corrected chi connectivity index (χ4v) is 2.09. The van der Waals surface area contributed by atoms with Gasteiger partial charge in [0.05, 0.1) is 37.7 Å². The molecule has 0 saturated carbocycles. The van der Waals surface area contributed by atoms with Crippen LogP contribution in [0.1, 0.15) is 22.5 Å². The molecule has 1 aliphatic rings. The Morgan fingerprint density at radius 2 is 2.45 bits per heavy atom. The first-order chi connectivity index (χ1) is 9.72. The smallest absolute Gasteiger partial charge is 0.254 e. The fourth-order valence-electron chi connectivity index (χ4n) is 2.09. The summed E-state index contributed by atoms with van der Waals surface area (Å²) in [5.74, 6) is -0.129. The van der Waals surface area contributed by atoms with Gasteiger partial charge in [-0.1, -0.05) is 0 Å². The Hall–Kier alpha value is -1.44. The lowest BCUT2D eigenvalue weighted by Crippen LogP contribution is -2.39. The molecule has 0 bridgehead atoms. The number of rotatable bonds is 6. The molecule has 1 aromatic rings. The molecule has 1 saturated heterocycles. The van der Waals surface area contributed by atoms with Crippen LogP contribution in [0.3, 0.4) is 0 Å². The van der Waals surface area contributed by atoms with Gasteiger partial charge in [-0.15, -0.1) is 0 Å². The van der Waals surface area contributed by atoms with Gasteiger partial charge >= 0.3 is 0 Å². The monoisotopic (exact) mass is 282 g/mol. The van der Waals surface area contributed by atoms with E-state index in [0.717, 1.165) is 18.7 Å². The van der Waals surface area contributed by atoms with Gasteiger partial charge in [-0.3, -0.25) is 9.48 Å². The second-order valence-corrected chi connectivity index (χ2v) is 4.79. The summed E-state index contributed by atoms with van der Waals surface area (Å²) in [6, 6.07) is 0. The van der Waals surface area contributed by atoms with Crippen molar-refractivity contribution >= 4 is 5.91 Å². The predicted molar refractivity (Wildman–Crippen MR) is 73.5 cm³/mol.